The number of urea groups is 1. The number of ether oxygens (including phenoxy) is 1. The third-order valence-electron chi connectivity index (χ3n) is 3.16. The van der Waals surface area contributed by atoms with Crippen molar-refractivity contribution < 1.29 is 14.6 Å². The van der Waals surface area contributed by atoms with E-state index in [2.05, 4.69) is 12.2 Å². The lowest BCUT2D eigenvalue weighted by Crippen LogP contribution is -2.49. The standard InChI is InChI=1S/C12H24N2O3/c1-10-4-3-6-14(8-10)12(16)13-11(9-15)5-7-17-2/h10-11,15H,3-9H2,1-2H3,(H,13,16). The van der Waals surface area contributed by atoms with E-state index >= 15 is 0 Å². The number of aliphatic hydroxyl groups excluding tert-OH is 1. The monoisotopic (exact) mass is 244 g/mol. The number of rotatable bonds is 5. The number of hydrogen-bond acceptors (Lipinski definition) is 3. The van der Waals surface area contributed by atoms with Crippen molar-refractivity contribution in [1.82, 2.24) is 10.2 Å². The Morgan fingerprint density at radius 2 is 2.41 bits per heavy atom. The highest BCUT2D eigenvalue weighted by Crippen LogP contribution is 2.15. The van der Waals surface area contributed by atoms with Gasteiger partial charge in [0.05, 0.1) is 12.6 Å². The molecule has 1 saturated heterocycles. The number of nitrogens with one attached hydrogen (secondary N) is 1. The van der Waals surface area contributed by atoms with Gasteiger partial charge in [-0.05, 0) is 25.2 Å². The van der Waals surface area contributed by atoms with E-state index in [1.165, 1.54) is 6.42 Å². The lowest BCUT2D eigenvalue weighted by molar-refractivity contribution is 0.141. The second-order valence-electron chi connectivity index (χ2n) is 4.80. The molecule has 17 heavy (non-hydrogen) atoms. The van der Waals surface area contributed by atoms with Gasteiger partial charge < -0.3 is 20.1 Å². The molecule has 0 bridgehead atoms. The first-order chi connectivity index (χ1) is 8.17. The minimum atomic E-state index is -0.209. The lowest BCUT2D eigenvalue weighted by Gasteiger charge is -2.32. The highest BCUT2D eigenvalue weighted by Gasteiger charge is 2.22. The van der Waals surface area contributed by atoms with Crippen LogP contribution in [0.5, 0.6) is 0 Å². The molecule has 5 nitrogen and oxygen atoms in total. The summed E-state index contributed by atoms with van der Waals surface area (Å²) in [4.78, 5) is 13.8. The highest BCUT2D eigenvalue weighted by molar-refractivity contribution is 5.74. The summed E-state index contributed by atoms with van der Waals surface area (Å²) in [5.41, 5.74) is 0. The smallest absolute Gasteiger partial charge is 0.317 e. The Morgan fingerprint density at radius 3 is 3.00 bits per heavy atom. The molecule has 0 saturated carbocycles. The Kier molecular flexibility index (Phi) is 6.29. The molecule has 100 valence electrons. The highest BCUT2D eigenvalue weighted by atomic mass is 16.5. The summed E-state index contributed by atoms with van der Waals surface area (Å²) < 4.78 is 4.94. The van der Waals surface area contributed by atoms with Crippen LogP contribution in [0.15, 0.2) is 0 Å². The number of carbonyl (C=O) groups excluding carboxylic acids is 1. The van der Waals surface area contributed by atoms with Gasteiger partial charge in [0.25, 0.3) is 0 Å². The maximum Gasteiger partial charge on any atom is 0.317 e. The Balaban J connectivity index is 2.35. The molecule has 0 aliphatic carbocycles. The van der Waals surface area contributed by atoms with Crippen molar-refractivity contribution in [3.63, 3.8) is 0 Å². The summed E-state index contributed by atoms with van der Waals surface area (Å²) in [5.74, 6) is 0.570. The van der Waals surface area contributed by atoms with Gasteiger partial charge in [0.15, 0.2) is 0 Å². The second-order valence-corrected chi connectivity index (χ2v) is 4.80. The van der Waals surface area contributed by atoms with Crippen LogP contribution < -0.4 is 5.32 Å². The number of piperidine rings is 1. The van der Waals surface area contributed by atoms with Crippen molar-refractivity contribution in [2.75, 3.05) is 33.4 Å². The first-order valence-electron chi connectivity index (χ1n) is 6.32. The maximum atomic E-state index is 11.9. The molecule has 0 aromatic rings. The van der Waals surface area contributed by atoms with Gasteiger partial charge in [-0.15, -0.1) is 0 Å². The molecule has 0 radical (unpaired) electrons. The van der Waals surface area contributed by atoms with Crippen LogP contribution in [0.3, 0.4) is 0 Å². The van der Waals surface area contributed by atoms with E-state index in [4.69, 9.17) is 9.84 Å². The van der Waals surface area contributed by atoms with Crippen molar-refractivity contribution in [3.8, 4) is 0 Å². The molecule has 0 aromatic heterocycles. The SMILES string of the molecule is COCCC(CO)NC(=O)N1CCCC(C)C1. The normalized spacial score (nSPS) is 22.3. The molecule has 2 N–H and O–H groups in total. The van der Waals surface area contributed by atoms with Gasteiger partial charge in [-0.25, -0.2) is 4.79 Å². The molecule has 2 atom stereocenters. The predicted molar refractivity (Wildman–Crippen MR) is 65.9 cm³/mol. The first-order valence-corrected chi connectivity index (χ1v) is 6.32. The van der Waals surface area contributed by atoms with E-state index < -0.39 is 0 Å². The van der Waals surface area contributed by atoms with Gasteiger partial charge in [-0.1, -0.05) is 6.92 Å². The van der Waals surface area contributed by atoms with Gasteiger partial charge >= 0.3 is 6.03 Å². The van der Waals surface area contributed by atoms with Crippen LogP contribution >= 0.6 is 0 Å². The summed E-state index contributed by atoms with van der Waals surface area (Å²) >= 11 is 0. The van der Waals surface area contributed by atoms with Crippen molar-refractivity contribution in [2.24, 2.45) is 5.92 Å². The van der Waals surface area contributed by atoms with Crippen LogP contribution in [0.1, 0.15) is 26.2 Å². The van der Waals surface area contributed by atoms with Crippen LogP contribution in [-0.4, -0.2) is 55.5 Å². The van der Waals surface area contributed by atoms with E-state index in [0.29, 0.717) is 18.9 Å². The topological polar surface area (TPSA) is 61.8 Å². The summed E-state index contributed by atoms with van der Waals surface area (Å²) in [6.07, 6.45) is 2.90. The fourth-order valence-electron chi connectivity index (χ4n) is 2.11. The Morgan fingerprint density at radius 1 is 1.65 bits per heavy atom. The number of methoxy groups -OCH3 is 1. The van der Waals surface area contributed by atoms with Crippen LogP contribution in [0.4, 0.5) is 4.79 Å². The summed E-state index contributed by atoms with van der Waals surface area (Å²) in [6.45, 7) is 4.29. The average Bonchev–Trinajstić information content (AvgIpc) is 2.34. The number of carbonyl (C=O) groups is 1. The molecule has 1 aliphatic rings. The first kappa shape index (κ1) is 14.3. The number of likely N-dealkylation sites (tertiary alicyclic amines) is 1. The fourth-order valence-corrected chi connectivity index (χ4v) is 2.11. The van der Waals surface area contributed by atoms with Gasteiger partial charge in [-0.2, -0.15) is 0 Å². The lowest BCUT2D eigenvalue weighted by atomic mass is 10.0. The fraction of sp³-hybridized carbons (Fsp3) is 0.917. The average molecular weight is 244 g/mol. The minimum Gasteiger partial charge on any atom is -0.394 e. The van der Waals surface area contributed by atoms with E-state index in [-0.39, 0.29) is 18.7 Å². The third kappa shape index (κ3) is 4.91. The van der Waals surface area contributed by atoms with Gasteiger partial charge in [-0.3, -0.25) is 0 Å². The molecular weight excluding hydrogens is 220 g/mol. The number of amides is 2. The Hall–Kier alpha value is -0.810. The van der Waals surface area contributed by atoms with Crippen molar-refractivity contribution in [2.45, 2.75) is 32.2 Å². The van der Waals surface area contributed by atoms with Crippen LogP contribution in [0.2, 0.25) is 0 Å². The van der Waals surface area contributed by atoms with E-state index in [9.17, 15) is 4.79 Å². The van der Waals surface area contributed by atoms with E-state index in [1.807, 2.05) is 4.90 Å². The molecule has 1 aliphatic heterocycles. The number of nitrogens with zero attached hydrogens (tertiary/aromatic N) is 1. The molecule has 1 heterocycles. The zero-order valence-electron chi connectivity index (χ0n) is 10.8. The van der Waals surface area contributed by atoms with Crippen molar-refractivity contribution in [3.05, 3.63) is 0 Å². The second kappa shape index (κ2) is 7.50. The molecule has 2 amide bonds. The van der Waals surface area contributed by atoms with E-state index in [0.717, 1.165) is 19.5 Å². The molecular formula is C12H24N2O3. The zero-order valence-corrected chi connectivity index (χ0v) is 10.8. The third-order valence-corrected chi connectivity index (χ3v) is 3.16. The summed E-state index contributed by atoms with van der Waals surface area (Å²) in [5, 5.41) is 12.0. The number of aliphatic hydroxyl groups is 1. The summed E-state index contributed by atoms with van der Waals surface area (Å²) in [7, 11) is 1.61. The summed E-state index contributed by atoms with van der Waals surface area (Å²) in [6, 6.07) is -0.272. The van der Waals surface area contributed by atoms with Crippen LogP contribution in [0.25, 0.3) is 0 Å². The molecule has 0 aromatic carbocycles. The predicted octanol–water partition coefficient (Wildman–Crippen LogP) is 0.825. The Labute approximate surface area is 103 Å². The van der Waals surface area contributed by atoms with Gasteiger partial charge in [0, 0.05) is 26.8 Å². The quantitative estimate of drug-likeness (QED) is 0.753. The van der Waals surface area contributed by atoms with Crippen molar-refractivity contribution in [1.29, 1.82) is 0 Å². The number of hydrogen-bond donors (Lipinski definition) is 2. The maximum absolute atomic E-state index is 11.9. The van der Waals surface area contributed by atoms with Gasteiger partial charge in [0.2, 0.25) is 0 Å². The molecule has 1 rings (SSSR count). The molecule has 0 spiro atoms. The molecule has 2 unspecified atom stereocenters. The van der Waals surface area contributed by atoms with Crippen molar-refractivity contribution >= 4 is 6.03 Å². The Bertz CT molecular complexity index is 236. The zero-order chi connectivity index (χ0) is 12.7. The minimum absolute atomic E-state index is 0.0432. The molecule has 1 fully saturated rings. The van der Waals surface area contributed by atoms with Crippen LogP contribution in [-0.2, 0) is 4.74 Å². The van der Waals surface area contributed by atoms with E-state index in [1.54, 1.807) is 7.11 Å². The molecule has 5 heteroatoms. The largest absolute Gasteiger partial charge is 0.394 e. The van der Waals surface area contributed by atoms with Gasteiger partial charge in [0.1, 0.15) is 0 Å². The van der Waals surface area contributed by atoms with Crippen LogP contribution in [0, 0.1) is 5.92 Å².